The maximum atomic E-state index is 13.4. The molecule has 0 bridgehead atoms. The van der Waals surface area contributed by atoms with E-state index in [4.69, 9.17) is 18.9 Å². The van der Waals surface area contributed by atoms with Crippen molar-refractivity contribution in [2.45, 2.75) is 13.1 Å². The fourth-order valence-electron chi connectivity index (χ4n) is 3.99. The number of urea groups is 1. The van der Waals surface area contributed by atoms with Crippen LogP contribution < -0.4 is 20.1 Å². The van der Waals surface area contributed by atoms with Crippen molar-refractivity contribution in [3.05, 3.63) is 66.9 Å². The van der Waals surface area contributed by atoms with E-state index in [0.717, 1.165) is 16.3 Å². The SMILES string of the molecule is CCNC(=O)Nc1cc(-n2ccc(C(F)(F)F)n2)c(-c2cncc(-c3ccc(OCCOC)c(OCCOC)c3)c2)cn1. The summed E-state index contributed by atoms with van der Waals surface area (Å²) in [5.74, 6) is 1.15. The number of ether oxygens (including phenoxy) is 4. The summed E-state index contributed by atoms with van der Waals surface area (Å²) in [6, 6.07) is 9.05. The van der Waals surface area contributed by atoms with Crippen molar-refractivity contribution in [1.82, 2.24) is 25.1 Å². The summed E-state index contributed by atoms with van der Waals surface area (Å²) in [5.41, 5.74) is 1.63. The maximum absolute atomic E-state index is 13.4. The van der Waals surface area contributed by atoms with E-state index in [1.165, 1.54) is 18.5 Å². The Labute approximate surface area is 246 Å². The molecule has 0 spiro atoms. The lowest BCUT2D eigenvalue weighted by Gasteiger charge is -2.15. The van der Waals surface area contributed by atoms with Gasteiger partial charge in [-0.15, -0.1) is 0 Å². The molecule has 0 unspecified atom stereocenters. The smallest absolute Gasteiger partial charge is 0.435 e. The van der Waals surface area contributed by atoms with Gasteiger partial charge in [-0.05, 0) is 36.8 Å². The fraction of sp³-hybridized carbons (Fsp3) is 0.310. The molecule has 0 aliphatic heterocycles. The van der Waals surface area contributed by atoms with E-state index in [9.17, 15) is 18.0 Å². The second-order valence-corrected chi connectivity index (χ2v) is 9.02. The Balaban J connectivity index is 1.74. The van der Waals surface area contributed by atoms with Gasteiger partial charge in [-0.2, -0.15) is 18.3 Å². The Morgan fingerprint density at radius 2 is 1.60 bits per heavy atom. The number of hydrogen-bond donors (Lipinski definition) is 2. The van der Waals surface area contributed by atoms with Gasteiger partial charge in [-0.3, -0.25) is 10.3 Å². The molecular weight excluding hydrogens is 569 g/mol. The van der Waals surface area contributed by atoms with E-state index >= 15 is 0 Å². The molecule has 0 fully saturated rings. The Morgan fingerprint density at radius 3 is 2.28 bits per heavy atom. The van der Waals surface area contributed by atoms with E-state index in [1.54, 1.807) is 45.7 Å². The second-order valence-electron chi connectivity index (χ2n) is 9.02. The molecule has 2 N–H and O–H groups in total. The van der Waals surface area contributed by atoms with Crippen molar-refractivity contribution in [3.63, 3.8) is 0 Å². The molecule has 3 heterocycles. The number of halogens is 3. The van der Waals surface area contributed by atoms with Gasteiger partial charge in [0, 0.05) is 68.3 Å². The zero-order chi connectivity index (χ0) is 30.8. The number of alkyl halides is 3. The molecule has 0 atom stereocenters. The summed E-state index contributed by atoms with van der Waals surface area (Å²) in [7, 11) is 3.16. The molecule has 0 saturated heterocycles. The highest BCUT2D eigenvalue weighted by molar-refractivity contribution is 5.89. The molecule has 4 rings (SSSR count). The Bertz CT molecular complexity index is 1530. The predicted molar refractivity (Wildman–Crippen MR) is 152 cm³/mol. The Hall–Kier alpha value is -4.69. The molecule has 228 valence electrons. The van der Waals surface area contributed by atoms with Gasteiger partial charge in [0.1, 0.15) is 19.0 Å². The van der Waals surface area contributed by atoms with Crippen LogP contribution in [0, 0.1) is 0 Å². The minimum Gasteiger partial charge on any atom is -0.487 e. The summed E-state index contributed by atoms with van der Waals surface area (Å²) in [6.07, 6.45) is 1.22. The van der Waals surface area contributed by atoms with E-state index in [2.05, 4.69) is 25.7 Å². The van der Waals surface area contributed by atoms with Crippen LogP contribution >= 0.6 is 0 Å². The van der Waals surface area contributed by atoms with Gasteiger partial charge in [0.05, 0.1) is 18.9 Å². The molecular formula is C29H31F3N6O5. The zero-order valence-electron chi connectivity index (χ0n) is 23.8. The lowest BCUT2D eigenvalue weighted by atomic mass is 10.0. The van der Waals surface area contributed by atoms with Gasteiger partial charge in [0.15, 0.2) is 17.2 Å². The second kappa shape index (κ2) is 14.5. The number of pyridine rings is 2. The van der Waals surface area contributed by atoms with Crippen LogP contribution in [-0.2, 0) is 15.7 Å². The van der Waals surface area contributed by atoms with E-state index < -0.39 is 17.9 Å². The third kappa shape index (κ3) is 8.20. The van der Waals surface area contributed by atoms with Crippen molar-refractivity contribution < 1.29 is 36.9 Å². The highest BCUT2D eigenvalue weighted by Crippen LogP contribution is 2.36. The largest absolute Gasteiger partial charge is 0.487 e. The maximum Gasteiger partial charge on any atom is 0.435 e. The number of hydrogen-bond acceptors (Lipinski definition) is 8. The quantitative estimate of drug-likeness (QED) is 0.201. The van der Waals surface area contributed by atoms with Gasteiger partial charge in [-0.25, -0.2) is 14.5 Å². The molecule has 43 heavy (non-hydrogen) atoms. The molecule has 4 aromatic rings. The van der Waals surface area contributed by atoms with Crippen LogP contribution in [0.4, 0.5) is 23.8 Å². The number of carbonyl (C=O) groups excluding carboxylic acids is 1. The number of nitrogens with one attached hydrogen (secondary N) is 2. The van der Waals surface area contributed by atoms with Crippen molar-refractivity contribution in [2.24, 2.45) is 0 Å². The highest BCUT2D eigenvalue weighted by atomic mass is 19.4. The molecule has 14 heteroatoms. The summed E-state index contributed by atoms with van der Waals surface area (Å²) < 4.78 is 63.0. The molecule has 0 radical (unpaired) electrons. The molecule has 11 nitrogen and oxygen atoms in total. The topological polar surface area (TPSA) is 122 Å². The van der Waals surface area contributed by atoms with Gasteiger partial charge in [-0.1, -0.05) is 6.07 Å². The zero-order valence-corrected chi connectivity index (χ0v) is 23.8. The van der Waals surface area contributed by atoms with Gasteiger partial charge in [0.25, 0.3) is 0 Å². The minimum absolute atomic E-state index is 0.125. The average molecular weight is 601 g/mol. The highest BCUT2D eigenvalue weighted by Gasteiger charge is 2.34. The average Bonchev–Trinajstić information content (AvgIpc) is 3.50. The minimum atomic E-state index is -4.63. The molecule has 0 saturated carbocycles. The summed E-state index contributed by atoms with van der Waals surface area (Å²) >= 11 is 0. The molecule has 1 aromatic carbocycles. The first-order valence-electron chi connectivity index (χ1n) is 13.2. The normalized spacial score (nSPS) is 11.3. The molecule has 2 amide bonds. The fourth-order valence-corrected chi connectivity index (χ4v) is 3.99. The lowest BCUT2D eigenvalue weighted by molar-refractivity contribution is -0.141. The third-order valence-corrected chi connectivity index (χ3v) is 6.00. The van der Waals surface area contributed by atoms with Crippen molar-refractivity contribution in [2.75, 3.05) is 52.5 Å². The number of amides is 2. The molecule has 0 aliphatic rings. The van der Waals surface area contributed by atoms with E-state index in [-0.39, 0.29) is 11.5 Å². The van der Waals surface area contributed by atoms with Crippen molar-refractivity contribution in [3.8, 4) is 39.4 Å². The number of nitrogens with zero attached hydrogens (tertiary/aromatic N) is 4. The van der Waals surface area contributed by atoms with Gasteiger partial charge >= 0.3 is 12.2 Å². The first kappa shape index (κ1) is 31.3. The number of rotatable bonds is 13. The molecule has 0 aliphatic carbocycles. The summed E-state index contributed by atoms with van der Waals surface area (Å²) in [4.78, 5) is 20.8. The molecule has 3 aromatic heterocycles. The van der Waals surface area contributed by atoms with Crippen LogP contribution in [0.15, 0.2) is 61.2 Å². The van der Waals surface area contributed by atoms with Crippen LogP contribution in [0.3, 0.4) is 0 Å². The third-order valence-electron chi connectivity index (χ3n) is 6.00. The van der Waals surface area contributed by atoms with Crippen LogP contribution in [0.25, 0.3) is 27.9 Å². The van der Waals surface area contributed by atoms with Crippen LogP contribution in [0.2, 0.25) is 0 Å². The summed E-state index contributed by atoms with van der Waals surface area (Å²) in [6.45, 7) is 3.54. The number of carbonyl (C=O) groups is 1. The van der Waals surface area contributed by atoms with Crippen molar-refractivity contribution >= 4 is 11.8 Å². The number of aromatic nitrogens is 4. The monoisotopic (exact) mass is 600 g/mol. The van der Waals surface area contributed by atoms with Crippen molar-refractivity contribution in [1.29, 1.82) is 0 Å². The Kier molecular flexibility index (Phi) is 10.5. The van der Waals surface area contributed by atoms with Crippen LogP contribution in [0.5, 0.6) is 11.5 Å². The number of benzene rings is 1. The number of methoxy groups -OCH3 is 2. The van der Waals surface area contributed by atoms with Gasteiger partial charge in [0.2, 0.25) is 0 Å². The lowest BCUT2D eigenvalue weighted by Crippen LogP contribution is -2.28. The van der Waals surface area contributed by atoms with E-state index in [0.29, 0.717) is 61.2 Å². The standard InChI is InChI=1S/C29H31F3N6O5/c1-4-34-28(39)36-27-15-23(38-8-7-26(37-38)29(30,31)32)22(18-35-27)21-13-20(16-33-17-21)19-5-6-24(42-11-9-40-2)25(14-19)43-12-10-41-3/h5-8,13-18H,4,9-12H2,1-3H3,(H2,34,35,36,39). The predicted octanol–water partition coefficient (Wildman–Crippen LogP) is 5.21. The van der Waals surface area contributed by atoms with E-state index in [1.807, 2.05) is 12.1 Å². The number of anilines is 1. The van der Waals surface area contributed by atoms with Gasteiger partial charge < -0.3 is 24.3 Å². The first-order valence-corrected chi connectivity index (χ1v) is 13.2. The Morgan fingerprint density at radius 1 is 0.884 bits per heavy atom. The summed E-state index contributed by atoms with van der Waals surface area (Å²) in [5, 5.41) is 8.89. The van der Waals surface area contributed by atoms with Crippen LogP contribution in [-0.4, -0.2) is 73.0 Å². The van der Waals surface area contributed by atoms with Crippen LogP contribution in [0.1, 0.15) is 12.6 Å². The first-order chi connectivity index (χ1) is 20.7.